The molecule has 2 aromatic heterocycles. The zero-order valence-corrected chi connectivity index (χ0v) is 16.9. The molecule has 9 heteroatoms. The van der Waals surface area contributed by atoms with Crippen molar-refractivity contribution >= 4 is 15.7 Å². The monoisotopic (exact) mass is 400 g/mol. The van der Waals surface area contributed by atoms with E-state index in [1.807, 2.05) is 31.2 Å². The van der Waals surface area contributed by atoms with Crippen LogP contribution < -0.4 is 4.72 Å². The van der Waals surface area contributed by atoms with Crippen LogP contribution in [0, 0.1) is 6.92 Å². The lowest BCUT2D eigenvalue weighted by atomic mass is 9.91. The smallest absolute Gasteiger partial charge is 0.265 e. The molecule has 0 bridgehead atoms. The lowest BCUT2D eigenvalue weighted by molar-refractivity contribution is 0.456. The number of hydrogen-bond acceptors (Lipinski definition) is 5. The fourth-order valence-corrected chi connectivity index (χ4v) is 4.92. The van der Waals surface area contributed by atoms with E-state index in [2.05, 4.69) is 24.6 Å². The molecule has 4 rings (SSSR count). The first kappa shape index (κ1) is 18.7. The van der Waals surface area contributed by atoms with Crippen LogP contribution in [-0.4, -0.2) is 33.0 Å². The summed E-state index contributed by atoms with van der Waals surface area (Å²) in [5.74, 6) is 1.41. The quantitative estimate of drug-likeness (QED) is 0.686. The van der Waals surface area contributed by atoms with Gasteiger partial charge in [-0.1, -0.05) is 19.1 Å². The van der Waals surface area contributed by atoms with E-state index in [1.54, 1.807) is 24.1 Å². The van der Waals surface area contributed by atoms with Crippen LogP contribution in [0.4, 0.5) is 5.69 Å². The summed E-state index contributed by atoms with van der Waals surface area (Å²) in [7, 11) is -3.67. The van der Waals surface area contributed by atoms with E-state index in [4.69, 9.17) is 0 Å². The zero-order valence-electron chi connectivity index (χ0n) is 16.0. The number of fused-ring (bicyclic) bond motifs is 1. The summed E-state index contributed by atoms with van der Waals surface area (Å²) < 4.78 is 31.9. The molecule has 0 fully saturated rings. The third-order valence-corrected chi connectivity index (χ3v) is 6.59. The second-order valence-electron chi connectivity index (χ2n) is 7.20. The Morgan fingerprint density at radius 1 is 1.25 bits per heavy atom. The third-order valence-electron chi connectivity index (χ3n) is 5.11. The van der Waals surface area contributed by atoms with Gasteiger partial charge in [-0.25, -0.2) is 8.42 Å². The van der Waals surface area contributed by atoms with E-state index >= 15 is 0 Å². The van der Waals surface area contributed by atoms with Gasteiger partial charge >= 0.3 is 0 Å². The normalized spacial score (nSPS) is 16.7. The maximum absolute atomic E-state index is 12.8. The van der Waals surface area contributed by atoms with E-state index < -0.39 is 10.0 Å². The number of anilines is 1. The minimum absolute atomic E-state index is 0.220. The fourth-order valence-electron chi connectivity index (χ4n) is 3.67. The largest absolute Gasteiger partial charge is 0.317 e. The second-order valence-corrected chi connectivity index (χ2v) is 8.86. The minimum Gasteiger partial charge on any atom is -0.317 e. The molecule has 3 heterocycles. The average Bonchev–Trinajstić information content (AvgIpc) is 3.28. The predicted octanol–water partition coefficient (Wildman–Crippen LogP) is 2.72. The molecule has 1 aromatic carbocycles. The summed E-state index contributed by atoms with van der Waals surface area (Å²) in [6.07, 6.45) is 6.17. The number of sulfonamides is 1. The van der Waals surface area contributed by atoms with Gasteiger partial charge < -0.3 is 4.57 Å². The molecule has 1 N–H and O–H groups in total. The lowest BCUT2D eigenvalue weighted by Gasteiger charge is -2.23. The van der Waals surface area contributed by atoms with Crippen LogP contribution in [0.2, 0.25) is 0 Å². The van der Waals surface area contributed by atoms with Gasteiger partial charge in [0.1, 0.15) is 17.0 Å². The highest BCUT2D eigenvalue weighted by Crippen LogP contribution is 2.29. The number of benzene rings is 1. The highest BCUT2D eigenvalue weighted by molar-refractivity contribution is 7.92. The van der Waals surface area contributed by atoms with E-state index in [9.17, 15) is 8.42 Å². The summed E-state index contributed by atoms with van der Waals surface area (Å²) in [4.78, 5) is 0.220. The summed E-state index contributed by atoms with van der Waals surface area (Å²) >= 11 is 0. The van der Waals surface area contributed by atoms with Crippen molar-refractivity contribution in [3.05, 3.63) is 53.9 Å². The maximum atomic E-state index is 12.8. The first-order valence-electron chi connectivity index (χ1n) is 9.50. The molecule has 0 unspecified atom stereocenters. The Kier molecular flexibility index (Phi) is 4.92. The van der Waals surface area contributed by atoms with Gasteiger partial charge in [-0.05, 0) is 37.5 Å². The Morgan fingerprint density at radius 3 is 2.79 bits per heavy atom. The van der Waals surface area contributed by atoms with Gasteiger partial charge in [0.15, 0.2) is 0 Å². The Morgan fingerprint density at radius 2 is 2.04 bits per heavy atom. The zero-order chi connectivity index (χ0) is 19.7. The lowest BCUT2D eigenvalue weighted by Crippen LogP contribution is -2.18. The molecule has 148 valence electrons. The Balaban J connectivity index is 1.48. The van der Waals surface area contributed by atoms with Crippen LogP contribution in [0.5, 0.6) is 0 Å². The van der Waals surface area contributed by atoms with Crippen LogP contribution in [0.1, 0.15) is 42.8 Å². The molecule has 0 spiro atoms. The Bertz CT molecular complexity index is 1070. The van der Waals surface area contributed by atoms with Gasteiger partial charge in [0, 0.05) is 37.3 Å². The van der Waals surface area contributed by atoms with Crippen LogP contribution in [0.25, 0.3) is 0 Å². The third kappa shape index (κ3) is 3.66. The van der Waals surface area contributed by atoms with Crippen LogP contribution in [-0.2, 0) is 29.5 Å². The van der Waals surface area contributed by atoms with Gasteiger partial charge in [-0.3, -0.25) is 9.40 Å². The van der Waals surface area contributed by atoms with Crippen molar-refractivity contribution in [1.82, 2.24) is 24.5 Å². The Labute approximate surface area is 164 Å². The number of aryl methyl sites for hydroxylation is 3. The summed E-state index contributed by atoms with van der Waals surface area (Å²) in [5, 5.41) is 12.4. The molecule has 1 aliphatic heterocycles. The molecule has 0 amide bonds. The molecular formula is C19H24N6O2S. The van der Waals surface area contributed by atoms with Gasteiger partial charge in [0.05, 0.1) is 5.69 Å². The summed E-state index contributed by atoms with van der Waals surface area (Å²) in [5.41, 5.74) is 2.24. The maximum Gasteiger partial charge on any atom is 0.265 e. The highest BCUT2D eigenvalue weighted by atomic mass is 32.2. The Hall–Kier alpha value is -2.68. The second kappa shape index (κ2) is 7.38. The molecule has 3 aromatic rings. The highest BCUT2D eigenvalue weighted by Gasteiger charge is 2.22. The van der Waals surface area contributed by atoms with Crippen molar-refractivity contribution in [3.8, 4) is 0 Å². The van der Waals surface area contributed by atoms with E-state index in [-0.39, 0.29) is 4.90 Å². The number of nitrogens with zero attached hydrogens (tertiary/aromatic N) is 5. The van der Waals surface area contributed by atoms with E-state index in [0.717, 1.165) is 31.6 Å². The average molecular weight is 401 g/mol. The van der Waals surface area contributed by atoms with Crippen LogP contribution >= 0.6 is 0 Å². The van der Waals surface area contributed by atoms with Gasteiger partial charge in [-0.2, -0.15) is 5.10 Å². The summed E-state index contributed by atoms with van der Waals surface area (Å²) in [6, 6.07) is 7.62. The predicted molar refractivity (Wildman–Crippen MR) is 106 cm³/mol. The van der Waals surface area contributed by atoms with Crippen molar-refractivity contribution in [2.45, 2.75) is 57.0 Å². The first-order valence-corrected chi connectivity index (χ1v) is 11.0. The SMILES string of the molecule is CCCn1cc(S(=O)(=O)Nc2ccc([C@H]3CCc4nncn4C3)cc2)c(C)n1. The number of nitrogens with one attached hydrogen (secondary N) is 1. The molecule has 0 aliphatic carbocycles. The van der Waals surface area contributed by atoms with Gasteiger partial charge in [0.25, 0.3) is 10.0 Å². The molecule has 0 saturated heterocycles. The first-order chi connectivity index (χ1) is 13.5. The van der Waals surface area contributed by atoms with E-state index in [1.165, 1.54) is 5.56 Å². The molecule has 1 aliphatic rings. The number of rotatable bonds is 6. The number of hydrogen-bond donors (Lipinski definition) is 1. The van der Waals surface area contributed by atoms with Crippen molar-refractivity contribution in [2.24, 2.45) is 0 Å². The molecular weight excluding hydrogens is 376 g/mol. The molecule has 8 nitrogen and oxygen atoms in total. The molecule has 28 heavy (non-hydrogen) atoms. The van der Waals surface area contributed by atoms with Crippen molar-refractivity contribution < 1.29 is 8.42 Å². The minimum atomic E-state index is -3.67. The standard InChI is InChI=1S/C19H24N6O2S/c1-3-10-25-12-18(14(2)22-25)28(26,27)23-17-7-4-15(5-8-17)16-6-9-19-21-20-13-24(19)11-16/h4-5,7-8,12-13,16,23H,3,6,9-11H2,1-2H3/t16-/m0/s1. The van der Waals surface area contributed by atoms with Crippen molar-refractivity contribution in [3.63, 3.8) is 0 Å². The molecule has 0 saturated carbocycles. The van der Waals surface area contributed by atoms with E-state index in [0.29, 0.717) is 23.8 Å². The molecule has 1 atom stereocenters. The molecule has 0 radical (unpaired) electrons. The van der Waals surface area contributed by atoms with Crippen LogP contribution in [0.3, 0.4) is 0 Å². The summed E-state index contributed by atoms with van der Waals surface area (Å²) in [6.45, 7) is 5.29. The van der Waals surface area contributed by atoms with Crippen molar-refractivity contribution in [2.75, 3.05) is 4.72 Å². The topological polar surface area (TPSA) is 94.7 Å². The number of aromatic nitrogens is 5. The fraction of sp³-hybridized carbons (Fsp3) is 0.421. The van der Waals surface area contributed by atoms with Crippen LogP contribution in [0.15, 0.2) is 41.7 Å². The van der Waals surface area contributed by atoms with Gasteiger partial charge in [-0.15, -0.1) is 10.2 Å². The van der Waals surface area contributed by atoms with Crippen molar-refractivity contribution in [1.29, 1.82) is 0 Å². The van der Waals surface area contributed by atoms with Gasteiger partial charge in [0.2, 0.25) is 0 Å².